The molecule has 0 bridgehead atoms. The van der Waals surface area contributed by atoms with Crippen LogP contribution in [0.3, 0.4) is 0 Å². The summed E-state index contributed by atoms with van der Waals surface area (Å²) in [7, 11) is 0. The van der Waals surface area contributed by atoms with Gasteiger partial charge in [-0.05, 0) is 34.1 Å². The third-order valence-electron chi connectivity index (χ3n) is 1.85. The highest BCUT2D eigenvalue weighted by Crippen LogP contribution is 2.30. The summed E-state index contributed by atoms with van der Waals surface area (Å²) in [6, 6.07) is 5.42. The van der Waals surface area contributed by atoms with Gasteiger partial charge >= 0.3 is 0 Å². The number of hydrogen-bond donors (Lipinski definition) is 0. The quantitative estimate of drug-likeness (QED) is 0.764. The van der Waals surface area contributed by atoms with E-state index in [2.05, 4.69) is 20.9 Å². The first kappa shape index (κ1) is 11.0. The minimum absolute atomic E-state index is 0.342. The van der Waals surface area contributed by atoms with E-state index in [4.69, 9.17) is 27.6 Å². The molecule has 0 fully saturated rings. The smallest absolute Gasteiger partial charge is 0.227 e. The number of halogens is 3. The lowest BCUT2D eigenvalue weighted by Crippen LogP contribution is -1.81. The molecule has 2 rings (SSSR count). The Balaban J connectivity index is 2.44. The molecule has 0 unspecified atom stereocenters. The van der Waals surface area contributed by atoms with Crippen LogP contribution >= 0.6 is 39.1 Å². The van der Waals surface area contributed by atoms with Gasteiger partial charge in [-0.1, -0.05) is 11.6 Å². The Morgan fingerprint density at radius 2 is 2.20 bits per heavy atom. The van der Waals surface area contributed by atoms with E-state index in [0.717, 1.165) is 10.0 Å². The van der Waals surface area contributed by atoms with Crippen molar-refractivity contribution in [2.24, 2.45) is 0 Å². The minimum Gasteiger partial charge on any atom is -0.444 e. The molecule has 0 N–H and O–H groups in total. The van der Waals surface area contributed by atoms with Crippen LogP contribution in [-0.4, -0.2) is 4.98 Å². The second kappa shape index (κ2) is 4.56. The van der Waals surface area contributed by atoms with Crippen molar-refractivity contribution >= 4 is 39.1 Å². The molecule has 2 nitrogen and oxygen atoms in total. The minimum atomic E-state index is 0.342. The van der Waals surface area contributed by atoms with Crippen LogP contribution in [0.1, 0.15) is 5.69 Å². The van der Waals surface area contributed by atoms with Gasteiger partial charge in [-0.2, -0.15) is 0 Å². The van der Waals surface area contributed by atoms with Crippen LogP contribution in [0.5, 0.6) is 0 Å². The molecule has 0 amide bonds. The summed E-state index contributed by atoms with van der Waals surface area (Å²) in [4.78, 5) is 4.22. The fourth-order valence-electron chi connectivity index (χ4n) is 1.15. The van der Waals surface area contributed by atoms with Crippen molar-refractivity contribution in [2.45, 2.75) is 5.88 Å². The summed E-state index contributed by atoms with van der Waals surface area (Å²) in [5.41, 5.74) is 1.57. The van der Waals surface area contributed by atoms with Crippen LogP contribution in [0.4, 0.5) is 0 Å². The van der Waals surface area contributed by atoms with E-state index >= 15 is 0 Å². The molecule has 5 heteroatoms. The van der Waals surface area contributed by atoms with Crippen molar-refractivity contribution in [2.75, 3.05) is 0 Å². The lowest BCUT2D eigenvalue weighted by atomic mass is 10.2. The second-order valence-electron chi connectivity index (χ2n) is 2.90. The number of aromatic nitrogens is 1. The highest BCUT2D eigenvalue weighted by Gasteiger charge is 2.09. The van der Waals surface area contributed by atoms with Gasteiger partial charge in [0.05, 0.1) is 17.1 Å². The van der Waals surface area contributed by atoms with E-state index in [1.807, 2.05) is 6.07 Å². The third kappa shape index (κ3) is 2.36. The molecular weight excluding hydrogens is 301 g/mol. The molecule has 15 heavy (non-hydrogen) atoms. The Morgan fingerprint density at radius 1 is 1.40 bits per heavy atom. The van der Waals surface area contributed by atoms with Crippen LogP contribution in [0.15, 0.2) is 33.4 Å². The third-order valence-corrected chi connectivity index (χ3v) is 3.02. The Bertz CT molecular complexity index is 484. The average Bonchev–Trinajstić information content (AvgIpc) is 2.66. The van der Waals surface area contributed by atoms with Crippen molar-refractivity contribution in [1.82, 2.24) is 4.98 Å². The number of nitrogens with zero attached hydrogens (tertiary/aromatic N) is 1. The fraction of sp³-hybridized carbons (Fsp3) is 0.100. The van der Waals surface area contributed by atoms with Gasteiger partial charge in [-0.15, -0.1) is 11.6 Å². The lowest BCUT2D eigenvalue weighted by Gasteiger charge is -1.99. The molecule has 78 valence electrons. The molecule has 1 aromatic heterocycles. The summed E-state index contributed by atoms with van der Waals surface area (Å²) >= 11 is 14.9. The number of alkyl halides is 1. The molecule has 0 atom stereocenters. The molecule has 0 aliphatic heterocycles. The maximum atomic E-state index is 5.83. The molecule has 0 spiro atoms. The maximum absolute atomic E-state index is 5.83. The zero-order valence-electron chi connectivity index (χ0n) is 7.51. The van der Waals surface area contributed by atoms with Gasteiger partial charge in [0.15, 0.2) is 0 Å². The Labute approximate surface area is 105 Å². The Morgan fingerprint density at radius 3 is 2.80 bits per heavy atom. The van der Waals surface area contributed by atoms with Crippen LogP contribution in [0.2, 0.25) is 5.02 Å². The summed E-state index contributed by atoms with van der Waals surface area (Å²) in [5.74, 6) is 0.878. The normalized spacial score (nSPS) is 10.6. The van der Waals surface area contributed by atoms with Crippen molar-refractivity contribution in [1.29, 1.82) is 0 Å². The molecule has 2 aromatic rings. The van der Waals surface area contributed by atoms with Crippen molar-refractivity contribution in [3.8, 4) is 11.5 Å². The van der Waals surface area contributed by atoms with Crippen molar-refractivity contribution in [3.05, 3.63) is 39.7 Å². The Hall–Kier alpha value is -0.510. The standard InChI is InChI=1S/C10H6BrCl2NO/c11-9-3-6(13)1-2-8(9)10-14-7(4-12)5-15-10/h1-3,5H,4H2. The zero-order valence-corrected chi connectivity index (χ0v) is 10.6. The van der Waals surface area contributed by atoms with E-state index in [1.54, 1.807) is 18.4 Å². The summed E-state index contributed by atoms with van der Waals surface area (Å²) in [6.07, 6.45) is 1.55. The van der Waals surface area contributed by atoms with Gasteiger partial charge in [0.25, 0.3) is 0 Å². The first-order valence-electron chi connectivity index (χ1n) is 4.16. The van der Waals surface area contributed by atoms with Crippen LogP contribution < -0.4 is 0 Å². The summed E-state index contributed by atoms with van der Waals surface area (Å²) < 4.78 is 6.14. The van der Waals surface area contributed by atoms with Gasteiger partial charge in [0.1, 0.15) is 6.26 Å². The van der Waals surface area contributed by atoms with Crippen LogP contribution in [0, 0.1) is 0 Å². The first-order chi connectivity index (χ1) is 7.20. The van der Waals surface area contributed by atoms with E-state index in [-0.39, 0.29) is 0 Å². The van der Waals surface area contributed by atoms with Gasteiger partial charge in [0.2, 0.25) is 5.89 Å². The predicted octanol–water partition coefficient (Wildman–Crippen LogP) is 4.50. The predicted molar refractivity (Wildman–Crippen MR) is 64.2 cm³/mol. The molecule has 1 heterocycles. The van der Waals surface area contributed by atoms with E-state index in [0.29, 0.717) is 22.5 Å². The van der Waals surface area contributed by atoms with Crippen LogP contribution in [-0.2, 0) is 5.88 Å². The molecule has 0 aliphatic carbocycles. The SMILES string of the molecule is ClCc1coc(-c2ccc(Cl)cc2Br)n1. The molecule has 0 radical (unpaired) electrons. The topological polar surface area (TPSA) is 26.0 Å². The van der Waals surface area contributed by atoms with Gasteiger partial charge in [-0.25, -0.2) is 4.98 Å². The molecule has 1 aromatic carbocycles. The first-order valence-corrected chi connectivity index (χ1v) is 5.87. The lowest BCUT2D eigenvalue weighted by molar-refractivity contribution is 0.573. The van der Waals surface area contributed by atoms with E-state index in [1.165, 1.54) is 0 Å². The Kier molecular flexibility index (Phi) is 3.34. The monoisotopic (exact) mass is 305 g/mol. The van der Waals surface area contributed by atoms with Crippen LogP contribution in [0.25, 0.3) is 11.5 Å². The molecule has 0 aliphatic rings. The van der Waals surface area contributed by atoms with Gasteiger partial charge in [0, 0.05) is 9.50 Å². The average molecular weight is 307 g/mol. The summed E-state index contributed by atoms with van der Waals surface area (Å²) in [6.45, 7) is 0. The van der Waals surface area contributed by atoms with E-state index in [9.17, 15) is 0 Å². The van der Waals surface area contributed by atoms with Gasteiger partial charge in [-0.3, -0.25) is 0 Å². The molecular formula is C10H6BrCl2NO. The number of rotatable bonds is 2. The largest absolute Gasteiger partial charge is 0.444 e. The number of benzene rings is 1. The van der Waals surface area contributed by atoms with E-state index < -0.39 is 0 Å². The summed E-state index contributed by atoms with van der Waals surface area (Å²) in [5, 5.41) is 0.662. The van der Waals surface area contributed by atoms with Crippen molar-refractivity contribution in [3.63, 3.8) is 0 Å². The number of hydrogen-bond acceptors (Lipinski definition) is 2. The highest BCUT2D eigenvalue weighted by molar-refractivity contribution is 9.10. The van der Waals surface area contributed by atoms with Gasteiger partial charge < -0.3 is 4.42 Å². The second-order valence-corrected chi connectivity index (χ2v) is 4.46. The zero-order chi connectivity index (χ0) is 10.8. The highest BCUT2D eigenvalue weighted by atomic mass is 79.9. The molecule has 0 saturated carbocycles. The molecule has 0 saturated heterocycles. The van der Waals surface area contributed by atoms with Crippen molar-refractivity contribution < 1.29 is 4.42 Å². The maximum Gasteiger partial charge on any atom is 0.227 e. The number of oxazole rings is 1. The fourth-order valence-corrected chi connectivity index (χ4v) is 2.13.